The highest BCUT2D eigenvalue weighted by molar-refractivity contribution is 6.39. The van der Waals surface area contributed by atoms with Gasteiger partial charge in [-0.1, -0.05) is 29.3 Å². The lowest BCUT2D eigenvalue weighted by Crippen LogP contribution is -2.19. The summed E-state index contributed by atoms with van der Waals surface area (Å²) in [7, 11) is 1.17. The quantitative estimate of drug-likeness (QED) is 0.598. The van der Waals surface area contributed by atoms with E-state index in [1.807, 2.05) is 0 Å². The first-order valence-corrected chi connectivity index (χ1v) is 8.18. The second-order valence-corrected chi connectivity index (χ2v) is 6.37. The predicted molar refractivity (Wildman–Crippen MR) is 90.2 cm³/mol. The summed E-state index contributed by atoms with van der Waals surface area (Å²) in [6.07, 6.45) is 3.48. The second-order valence-electron chi connectivity index (χ2n) is 5.55. The van der Waals surface area contributed by atoms with Gasteiger partial charge in [-0.15, -0.1) is 0 Å². The van der Waals surface area contributed by atoms with Crippen molar-refractivity contribution < 1.29 is 14.3 Å². The summed E-state index contributed by atoms with van der Waals surface area (Å²) in [5.41, 5.74) is 1.53. The van der Waals surface area contributed by atoms with Gasteiger partial charge in [0, 0.05) is 23.2 Å². The molecule has 3 rings (SSSR count). The zero-order chi connectivity index (χ0) is 17.3. The number of hydrogen-bond donors (Lipinski definition) is 0. The molecule has 0 spiro atoms. The van der Waals surface area contributed by atoms with Crippen LogP contribution in [0.15, 0.2) is 24.4 Å². The fourth-order valence-electron chi connectivity index (χ4n) is 2.41. The minimum atomic E-state index is -0.905. The van der Waals surface area contributed by atoms with E-state index in [0.29, 0.717) is 38.6 Å². The Labute approximate surface area is 149 Å². The Morgan fingerprint density at radius 3 is 2.50 bits per heavy atom. The molecule has 0 aliphatic heterocycles. The van der Waals surface area contributed by atoms with E-state index in [-0.39, 0.29) is 6.42 Å². The molecule has 0 saturated heterocycles. The normalized spacial score (nSPS) is 13.6. The molecule has 0 unspecified atom stereocenters. The first kappa shape index (κ1) is 16.9. The highest BCUT2D eigenvalue weighted by atomic mass is 35.5. The van der Waals surface area contributed by atoms with Crippen molar-refractivity contribution in [2.24, 2.45) is 0 Å². The third-order valence-electron chi connectivity index (χ3n) is 3.80. The number of esters is 1. The molecule has 1 heterocycles. The van der Waals surface area contributed by atoms with E-state index in [1.54, 1.807) is 24.4 Å². The van der Waals surface area contributed by atoms with E-state index >= 15 is 0 Å². The Morgan fingerprint density at radius 2 is 1.92 bits per heavy atom. The topological polar surface area (TPSA) is 69.2 Å². The van der Waals surface area contributed by atoms with E-state index in [1.165, 1.54) is 7.11 Å². The fraction of sp³-hybridized carbons (Fsp3) is 0.294. The van der Waals surface area contributed by atoms with Crippen molar-refractivity contribution in [3.05, 3.63) is 46.0 Å². The monoisotopic (exact) mass is 364 g/mol. The van der Waals surface area contributed by atoms with Crippen LogP contribution in [0, 0.1) is 0 Å². The second kappa shape index (κ2) is 6.87. The lowest BCUT2D eigenvalue weighted by Gasteiger charge is -2.12. The molecular formula is C17H14Cl2N2O3. The summed E-state index contributed by atoms with van der Waals surface area (Å²) in [4.78, 5) is 32.3. The molecule has 0 radical (unpaired) electrons. The molecule has 1 aliphatic rings. The molecule has 24 heavy (non-hydrogen) atoms. The number of hydrogen-bond acceptors (Lipinski definition) is 5. The summed E-state index contributed by atoms with van der Waals surface area (Å²) < 4.78 is 4.48. The maximum Gasteiger partial charge on any atom is 0.374 e. The van der Waals surface area contributed by atoms with Crippen molar-refractivity contribution in [1.29, 1.82) is 0 Å². The third-order valence-corrected chi connectivity index (χ3v) is 4.43. The number of carbonyl (C=O) groups is 2. The van der Waals surface area contributed by atoms with Gasteiger partial charge in [0.2, 0.25) is 5.78 Å². The number of methoxy groups -OCH3 is 1. The van der Waals surface area contributed by atoms with Gasteiger partial charge in [0.05, 0.1) is 29.3 Å². The molecule has 2 aromatic rings. The van der Waals surface area contributed by atoms with Crippen LogP contribution in [-0.2, 0) is 20.7 Å². The molecule has 0 amide bonds. The Hall–Kier alpha value is -1.98. The highest BCUT2D eigenvalue weighted by Gasteiger charge is 2.29. The first-order chi connectivity index (χ1) is 11.5. The molecule has 0 bridgehead atoms. The van der Waals surface area contributed by atoms with Crippen molar-refractivity contribution in [3.8, 4) is 11.1 Å². The molecule has 1 fully saturated rings. The van der Waals surface area contributed by atoms with Crippen LogP contribution in [0.2, 0.25) is 10.0 Å². The largest absolute Gasteiger partial charge is 0.463 e. The van der Waals surface area contributed by atoms with Crippen LogP contribution in [-0.4, -0.2) is 28.8 Å². The molecular weight excluding hydrogens is 351 g/mol. The molecule has 1 saturated carbocycles. The molecule has 7 heteroatoms. The standard InChI is InChI=1S/C17H14Cl2N2O3/c1-24-17(23)14(22)7-13-10(8-20-16(21-13)9-5-6-9)15-11(18)3-2-4-12(15)19/h2-4,8-9H,5-7H2,1H3. The van der Waals surface area contributed by atoms with Gasteiger partial charge in [-0.05, 0) is 25.0 Å². The smallest absolute Gasteiger partial charge is 0.374 e. The Kier molecular flexibility index (Phi) is 4.83. The number of nitrogens with zero attached hydrogens (tertiary/aromatic N) is 2. The van der Waals surface area contributed by atoms with E-state index in [0.717, 1.165) is 12.8 Å². The Morgan fingerprint density at radius 1 is 1.25 bits per heavy atom. The molecule has 1 aromatic heterocycles. The molecule has 0 N–H and O–H groups in total. The van der Waals surface area contributed by atoms with Crippen LogP contribution in [0.1, 0.15) is 30.3 Å². The number of ketones is 1. The molecule has 1 aliphatic carbocycles. The van der Waals surface area contributed by atoms with Gasteiger partial charge in [0.15, 0.2) is 0 Å². The SMILES string of the molecule is COC(=O)C(=O)Cc1nc(C2CC2)ncc1-c1c(Cl)cccc1Cl. The summed E-state index contributed by atoms with van der Waals surface area (Å²) in [5.74, 6) is -0.595. The van der Waals surface area contributed by atoms with Crippen LogP contribution in [0.25, 0.3) is 11.1 Å². The number of aromatic nitrogens is 2. The maximum atomic E-state index is 12.0. The molecule has 1 aromatic carbocycles. The van der Waals surface area contributed by atoms with E-state index in [4.69, 9.17) is 23.2 Å². The number of carbonyl (C=O) groups excluding carboxylic acids is 2. The van der Waals surface area contributed by atoms with Gasteiger partial charge in [-0.25, -0.2) is 14.8 Å². The number of benzene rings is 1. The summed E-state index contributed by atoms with van der Waals surface area (Å²) in [6.45, 7) is 0. The van der Waals surface area contributed by atoms with Crippen LogP contribution >= 0.6 is 23.2 Å². The van der Waals surface area contributed by atoms with Gasteiger partial charge in [0.1, 0.15) is 5.82 Å². The van der Waals surface area contributed by atoms with Crippen LogP contribution in [0.3, 0.4) is 0 Å². The van der Waals surface area contributed by atoms with Crippen molar-refractivity contribution in [1.82, 2.24) is 9.97 Å². The highest BCUT2D eigenvalue weighted by Crippen LogP contribution is 2.40. The zero-order valence-corrected chi connectivity index (χ0v) is 14.4. The zero-order valence-electron chi connectivity index (χ0n) is 12.9. The van der Waals surface area contributed by atoms with Gasteiger partial charge < -0.3 is 4.74 Å². The predicted octanol–water partition coefficient (Wildman–Crippen LogP) is 3.61. The van der Waals surface area contributed by atoms with Gasteiger partial charge in [-0.2, -0.15) is 0 Å². The number of halogens is 2. The lowest BCUT2D eigenvalue weighted by molar-refractivity contribution is -0.151. The van der Waals surface area contributed by atoms with Gasteiger partial charge in [-0.3, -0.25) is 4.79 Å². The average Bonchev–Trinajstić information content (AvgIpc) is 3.40. The van der Waals surface area contributed by atoms with E-state index in [2.05, 4.69) is 14.7 Å². The summed E-state index contributed by atoms with van der Waals surface area (Å²) in [6, 6.07) is 5.12. The Bertz CT molecular complexity index is 799. The summed E-state index contributed by atoms with van der Waals surface area (Å²) >= 11 is 12.5. The fourth-order valence-corrected chi connectivity index (χ4v) is 3.01. The molecule has 124 valence electrons. The van der Waals surface area contributed by atoms with Crippen molar-refractivity contribution >= 4 is 35.0 Å². The van der Waals surface area contributed by atoms with Crippen LogP contribution in [0.4, 0.5) is 0 Å². The van der Waals surface area contributed by atoms with Gasteiger partial charge in [0.25, 0.3) is 0 Å². The average molecular weight is 365 g/mol. The van der Waals surface area contributed by atoms with Crippen molar-refractivity contribution in [3.63, 3.8) is 0 Å². The number of rotatable bonds is 5. The molecule has 5 nitrogen and oxygen atoms in total. The van der Waals surface area contributed by atoms with Gasteiger partial charge >= 0.3 is 5.97 Å². The van der Waals surface area contributed by atoms with Crippen molar-refractivity contribution in [2.75, 3.05) is 7.11 Å². The summed E-state index contributed by atoms with van der Waals surface area (Å²) in [5, 5.41) is 0.856. The third kappa shape index (κ3) is 3.42. The Balaban J connectivity index is 2.08. The van der Waals surface area contributed by atoms with Crippen LogP contribution in [0.5, 0.6) is 0 Å². The number of Topliss-reactive ketones (excluding diaryl/α,β-unsaturated/α-hetero) is 1. The lowest BCUT2D eigenvalue weighted by atomic mass is 10.0. The molecule has 0 atom stereocenters. The number of ether oxygens (including phenoxy) is 1. The van der Waals surface area contributed by atoms with E-state index < -0.39 is 11.8 Å². The maximum absolute atomic E-state index is 12.0. The first-order valence-electron chi connectivity index (χ1n) is 7.42. The van der Waals surface area contributed by atoms with Crippen LogP contribution < -0.4 is 0 Å². The van der Waals surface area contributed by atoms with E-state index in [9.17, 15) is 9.59 Å². The minimum Gasteiger partial charge on any atom is -0.463 e. The van der Waals surface area contributed by atoms with Crippen molar-refractivity contribution in [2.45, 2.75) is 25.2 Å². The minimum absolute atomic E-state index is 0.189.